The Morgan fingerprint density at radius 3 is 2.17 bits per heavy atom. The predicted molar refractivity (Wildman–Crippen MR) is 146 cm³/mol. The van der Waals surface area contributed by atoms with Crippen molar-refractivity contribution in [1.82, 2.24) is 15.5 Å². The van der Waals surface area contributed by atoms with Crippen LogP contribution in [-0.4, -0.2) is 47.0 Å². The molecule has 2 N–H and O–H groups in total. The lowest BCUT2D eigenvalue weighted by molar-refractivity contribution is -0.143. The highest BCUT2D eigenvalue weighted by molar-refractivity contribution is 5.92. The summed E-state index contributed by atoms with van der Waals surface area (Å²) in [6.45, 7) is 19.7. The maximum absolute atomic E-state index is 14.2. The Balaban J connectivity index is 3.55. The monoisotopic (exact) mass is 503 g/mol. The molecule has 0 spiro atoms. The third-order valence-corrected chi connectivity index (χ3v) is 5.70. The zero-order valence-electron chi connectivity index (χ0n) is 24.2. The molecule has 0 radical (unpaired) electrons. The van der Waals surface area contributed by atoms with E-state index >= 15 is 0 Å². The van der Waals surface area contributed by atoms with E-state index in [1.54, 1.807) is 25.7 Å². The number of carbonyl (C=O) groups excluding carboxylic acids is 3. The van der Waals surface area contributed by atoms with Gasteiger partial charge in [-0.05, 0) is 78.4 Å². The number of nitrogens with one attached hydrogen (secondary N) is 2. The molecule has 1 rings (SSSR count). The molecular weight excluding hydrogens is 454 g/mol. The molecule has 36 heavy (non-hydrogen) atoms. The Morgan fingerprint density at radius 1 is 1.00 bits per heavy atom. The summed E-state index contributed by atoms with van der Waals surface area (Å²) in [5.74, 6) is -0.338. The molecule has 1 aromatic carbocycles. The van der Waals surface area contributed by atoms with Crippen molar-refractivity contribution in [2.75, 3.05) is 6.54 Å². The average molecular weight is 504 g/mol. The third kappa shape index (κ3) is 10.6. The second-order valence-corrected chi connectivity index (χ2v) is 11.5. The van der Waals surface area contributed by atoms with Crippen molar-refractivity contribution in [3.63, 3.8) is 0 Å². The second kappa shape index (κ2) is 14.2. The van der Waals surface area contributed by atoms with Crippen LogP contribution in [0.3, 0.4) is 0 Å². The lowest BCUT2D eigenvalue weighted by atomic mass is 9.94. The zero-order valence-corrected chi connectivity index (χ0v) is 24.2. The molecule has 2 unspecified atom stereocenters. The first-order valence-electron chi connectivity index (χ1n) is 13.3. The number of amides is 3. The highest BCUT2D eigenvalue weighted by Gasteiger charge is 2.37. The van der Waals surface area contributed by atoms with Gasteiger partial charge in [0.2, 0.25) is 11.8 Å². The number of unbranched alkanes of at least 4 members (excludes halogenated alkanes) is 2. The summed E-state index contributed by atoms with van der Waals surface area (Å²) < 4.78 is 5.46. The number of ether oxygens (including phenoxy) is 1. The Bertz CT molecular complexity index is 874. The molecule has 2 atom stereocenters. The Labute approximate surface area is 218 Å². The lowest BCUT2D eigenvalue weighted by Gasteiger charge is -2.36. The van der Waals surface area contributed by atoms with Gasteiger partial charge >= 0.3 is 6.09 Å². The van der Waals surface area contributed by atoms with Crippen LogP contribution in [-0.2, 0) is 14.3 Å². The number of alkyl carbamates (subject to hydrolysis) is 1. The van der Waals surface area contributed by atoms with E-state index in [1.807, 2.05) is 59.7 Å². The van der Waals surface area contributed by atoms with Crippen LogP contribution in [0.2, 0.25) is 0 Å². The van der Waals surface area contributed by atoms with Crippen LogP contribution in [0.1, 0.15) is 104 Å². The summed E-state index contributed by atoms with van der Waals surface area (Å²) >= 11 is 0. The van der Waals surface area contributed by atoms with Crippen LogP contribution in [0, 0.1) is 19.8 Å². The number of hydrogen-bond acceptors (Lipinski definition) is 4. The minimum Gasteiger partial charge on any atom is -0.444 e. The summed E-state index contributed by atoms with van der Waals surface area (Å²) in [4.78, 5) is 42.1. The first kappa shape index (κ1) is 31.5. The van der Waals surface area contributed by atoms with E-state index in [-0.39, 0.29) is 23.8 Å². The van der Waals surface area contributed by atoms with Gasteiger partial charge in [0.1, 0.15) is 17.7 Å². The van der Waals surface area contributed by atoms with Gasteiger partial charge in [-0.25, -0.2) is 4.79 Å². The van der Waals surface area contributed by atoms with Crippen molar-refractivity contribution in [3.05, 3.63) is 34.9 Å². The van der Waals surface area contributed by atoms with Crippen molar-refractivity contribution in [1.29, 1.82) is 0 Å². The molecule has 1 aromatic rings. The van der Waals surface area contributed by atoms with Gasteiger partial charge in [-0.1, -0.05) is 57.4 Å². The van der Waals surface area contributed by atoms with Crippen LogP contribution in [0.15, 0.2) is 18.2 Å². The molecule has 7 heteroatoms. The van der Waals surface area contributed by atoms with Gasteiger partial charge < -0.3 is 20.3 Å². The molecule has 7 nitrogen and oxygen atoms in total. The Hall–Kier alpha value is -2.57. The molecule has 0 aliphatic carbocycles. The maximum atomic E-state index is 14.2. The van der Waals surface area contributed by atoms with Crippen molar-refractivity contribution >= 4 is 17.9 Å². The third-order valence-electron chi connectivity index (χ3n) is 5.70. The highest BCUT2D eigenvalue weighted by atomic mass is 16.6. The predicted octanol–water partition coefficient (Wildman–Crippen LogP) is 5.83. The van der Waals surface area contributed by atoms with Gasteiger partial charge in [-0.3, -0.25) is 9.59 Å². The molecule has 0 saturated heterocycles. The molecule has 0 aromatic heterocycles. The van der Waals surface area contributed by atoms with Crippen molar-refractivity contribution in [2.24, 2.45) is 5.92 Å². The summed E-state index contributed by atoms with van der Waals surface area (Å²) in [5, 5.41) is 5.82. The average Bonchev–Trinajstić information content (AvgIpc) is 2.72. The summed E-state index contributed by atoms with van der Waals surface area (Å²) in [6.07, 6.45) is 2.49. The van der Waals surface area contributed by atoms with E-state index in [2.05, 4.69) is 17.6 Å². The molecule has 0 heterocycles. The zero-order chi connectivity index (χ0) is 27.6. The van der Waals surface area contributed by atoms with Gasteiger partial charge in [0.05, 0.1) is 0 Å². The SMILES string of the molecule is CCCCCN(C(=O)C(CC(C)C)NC(=O)OC(C)(C)C)C(C(=O)NC(C)C)c1cc(C)ccc1C. The fourth-order valence-electron chi connectivity index (χ4n) is 4.11. The van der Waals surface area contributed by atoms with Crippen LogP contribution in [0.25, 0.3) is 0 Å². The van der Waals surface area contributed by atoms with Gasteiger partial charge in [-0.2, -0.15) is 0 Å². The van der Waals surface area contributed by atoms with E-state index in [0.717, 1.165) is 36.0 Å². The summed E-state index contributed by atoms with van der Waals surface area (Å²) in [5.41, 5.74) is 2.08. The standard InChI is InChI=1S/C29H49N3O4/c1-11-12-13-16-32(27(34)24(17-19(2)3)31-28(35)36-29(8,9)10)25(26(33)30-20(4)5)23-18-21(6)14-15-22(23)7/h14-15,18-20,24-25H,11-13,16-17H2,1-10H3,(H,30,33)(H,31,35). The van der Waals surface area contributed by atoms with E-state index < -0.39 is 23.8 Å². The molecule has 0 aliphatic heterocycles. The number of hydrogen-bond donors (Lipinski definition) is 2. The fraction of sp³-hybridized carbons (Fsp3) is 0.690. The van der Waals surface area contributed by atoms with Gasteiger partial charge in [0, 0.05) is 12.6 Å². The van der Waals surface area contributed by atoms with E-state index in [1.165, 1.54) is 0 Å². The number of nitrogens with zero attached hydrogens (tertiary/aromatic N) is 1. The molecule has 0 fully saturated rings. The first-order chi connectivity index (χ1) is 16.7. The summed E-state index contributed by atoms with van der Waals surface area (Å²) in [7, 11) is 0. The molecule has 204 valence electrons. The number of carbonyl (C=O) groups is 3. The topological polar surface area (TPSA) is 87.7 Å². The van der Waals surface area contributed by atoms with E-state index in [9.17, 15) is 14.4 Å². The molecule has 3 amide bonds. The van der Waals surface area contributed by atoms with Crippen LogP contribution >= 0.6 is 0 Å². The minimum atomic E-state index is -0.805. The van der Waals surface area contributed by atoms with Crippen molar-refractivity contribution < 1.29 is 19.1 Å². The van der Waals surface area contributed by atoms with Crippen LogP contribution in [0.5, 0.6) is 0 Å². The largest absolute Gasteiger partial charge is 0.444 e. The molecule has 0 saturated carbocycles. The van der Waals surface area contributed by atoms with Gasteiger partial charge in [0.15, 0.2) is 0 Å². The second-order valence-electron chi connectivity index (χ2n) is 11.5. The summed E-state index contributed by atoms with van der Waals surface area (Å²) in [6, 6.07) is 4.29. The number of benzene rings is 1. The minimum absolute atomic E-state index is 0.0796. The van der Waals surface area contributed by atoms with E-state index in [4.69, 9.17) is 4.74 Å². The van der Waals surface area contributed by atoms with Gasteiger partial charge in [-0.15, -0.1) is 0 Å². The maximum Gasteiger partial charge on any atom is 0.408 e. The fourth-order valence-corrected chi connectivity index (χ4v) is 4.11. The molecule has 0 bridgehead atoms. The number of rotatable bonds is 12. The normalized spacial score (nSPS) is 13.3. The Morgan fingerprint density at radius 2 is 1.64 bits per heavy atom. The lowest BCUT2D eigenvalue weighted by Crippen LogP contribution is -2.54. The van der Waals surface area contributed by atoms with Crippen LogP contribution in [0.4, 0.5) is 4.79 Å². The van der Waals surface area contributed by atoms with E-state index in [0.29, 0.717) is 13.0 Å². The quantitative estimate of drug-likeness (QED) is 0.352. The first-order valence-corrected chi connectivity index (χ1v) is 13.3. The van der Waals surface area contributed by atoms with Crippen molar-refractivity contribution in [2.45, 2.75) is 119 Å². The smallest absolute Gasteiger partial charge is 0.408 e. The molecular formula is C29H49N3O4. The highest BCUT2D eigenvalue weighted by Crippen LogP contribution is 2.28. The Kier molecular flexibility index (Phi) is 12.4. The molecule has 0 aliphatic rings. The van der Waals surface area contributed by atoms with Gasteiger partial charge in [0.25, 0.3) is 0 Å². The number of aryl methyl sites for hydroxylation is 2. The van der Waals surface area contributed by atoms with Crippen molar-refractivity contribution in [3.8, 4) is 0 Å². The van der Waals surface area contributed by atoms with Crippen LogP contribution < -0.4 is 10.6 Å².